The van der Waals surface area contributed by atoms with E-state index in [0.29, 0.717) is 24.3 Å². The molecule has 0 atom stereocenters. The molecule has 0 bridgehead atoms. The Morgan fingerprint density at radius 1 is 1.10 bits per heavy atom. The molecule has 1 rings (SSSR count). The summed E-state index contributed by atoms with van der Waals surface area (Å²) in [7, 11) is 0. The van der Waals surface area contributed by atoms with Gasteiger partial charge in [-0.05, 0) is 29.9 Å². The summed E-state index contributed by atoms with van der Waals surface area (Å²) in [6.45, 7) is 8.95. The summed E-state index contributed by atoms with van der Waals surface area (Å²) in [5, 5.41) is 2.99. The first-order valence-corrected chi connectivity index (χ1v) is 6.95. The van der Waals surface area contributed by atoms with Gasteiger partial charge in [-0.1, -0.05) is 27.7 Å². The Balaban J connectivity index is 2.92. The third-order valence-electron chi connectivity index (χ3n) is 3.53. The standard InChI is InChI=1S/C14H23F3N4/c1-8(2)11(9(3)4)7-19-12-5-10(14(15,16)17)6-13(20-12)21-18/h5-6,8-9,11H,7,18H2,1-4H3,(H2,19,20,21). The van der Waals surface area contributed by atoms with Gasteiger partial charge in [0.05, 0.1) is 5.56 Å². The maximum absolute atomic E-state index is 12.8. The fourth-order valence-corrected chi connectivity index (χ4v) is 2.32. The van der Waals surface area contributed by atoms with E-state index in [9.17, 15) is 13.2 Å². The van der Waals surface area contributed by atoms with Gasteiger partial charge in [-0.25, -0.2) is 10.8 Å². The first kappa shape index (κ1) is 17.6. The molecule has 1 heterocycles. The number of anilines is 2. The number of nitrogens with two attached hydrogens (primary N) is 1. The molecule has 120 valence electrons. The number of nitrogen functional groups attached to an aromatic ring is 1. The quantitative estimate of drug-likeness (QED) is 0.553. The first-order chi connectivity index (χ1) is 9.65. The van der Waals surface area contributed by atoms with Crippen LogP contribution in [-0.2, 0) is 6.18 Å². The Bertz CT molecular complexity index is 450. The molecule has 1 aromatic rings. The second-order valence-corrected chi connectivity index (χ2v) is 5.80. The van der Waals surface area contributed by atoms with Gasteiger partial charge >= 0.3 is 6.18 Å². The SMILES string of the molecule is CC(C)C(CNc1cc(C(F)(F)F)cc(NN)n1)C(C)C. The van der Waals surface area contributed by atoms with Crippen molar-refractivity contribution in [2.45, 2.75) is 33.9 Å². The summed E-state index contributed by atoms with van der Waals surface area (Å²) >= 11 is 0. The number of halogens is 3. The molecule has 0 saturated carbocycles. The third kappa shape index (κ3) is 5.08. The number of alkyl halides is 3. The molecular weight excluding hydrogens is 281 g/mol. The lowest BCUT2D eigenvalue weighted by Gasteiger charge is -2.25. The van der Waals surface area contributed by atoms with Crippen LogP contribution in [0, 0.1) is 17.8 Å². The van der Waals surface area contributed by atoms with Crippen molar-refractivity contribution in [3.8, 4) is 0 Å². The molecule has 0 saturated heterocycles. The second-order valence-electron chi connectivity index (χ2n) is 5.80. The van der Waals surface area contributed by atoms with E-state index in [1.165, 1.54) is 0 Å². The maximum Gasteiger partial charge on any atom is 0.416 e. The van der Waals surface area contributed by atoms with Crippen LogP contribution in [0.4, 0.5) is 24.8 Å². The van der Waals surface area contributed by atoms with Gasteiger partial charge in [0, 0.05) is 6.54 Å². The number of rotatable bonds is 6. The number of hydrogen-bond donors (Lipinski definition) is 3. The molecule has 7 heteroatoms. The molecule has 0 spiro atoms. The topological polar surface area (TPSA) is 63.0 Å². The lowest BCUT2D eigenvalue weighted by atomic mass is 9.85. The molecule has 21 heavy (non-hydrogen) atoms. The molecule has 0 aliphatic carbocycles. The van der Waals surface area contributed by atoms with Gasteiger partial charge in [-0.3, -0.25) is 0 Å². The minimum atomic E-state index is -4.43. The van der Waals surface area contributed by atoms with Crippen molar-refractivity contribution in [3.63, 3.8) is 0 Å². The normalized spacial score (nSPS) is 12.3. The zero-order valence-corrected chi connectivity index (χ0v) is 12.8. The minimum absolute atomic E-state index is 0.0158. The Morgan fingerprint density at radius 2 is 1.62 bits per heavy atom. The van der Waals surface area contributed by atoms with Gasteiger partial charge in [-0.15, -0.1) is 0 Å². The van der Waals surface area contributed by atoms with Crippen molar-refractivity contribution >= 4 is 11.6 Å². The summed E-state index contributed by atoms with van der Waals surface area (Å²) in [5.74, 6) is 6.53. The van der Waals surface area contributed by atoms with Gasteiger partial charge in [0.2, 0.25) is 0 Å². The van der Waals surface area contributed by atoms with Crippen molar-refractivity contribution < 1.29 is 13.2 Å². The minimum Gasteiger partial charge on any atom is -0.370 e. The number of nitrogens with one attached hydrogen (secondary N) is 2. The Morgan fingerprint density at radius 3 is 2.05 bits per heavy atom. The predicted molar refractivity (Wildman–Crippen MR) is 78.7 cm³/mol. The predicted octanol–water partition coefficient (Wildman–Crippen LogP) is 3.73. The van der Waals surface area contributed by atoms with Crippen molar-refractivity contribution in [3.05, 3.63) is 17.7 Å². The van der Waals surface area contributed by atoms with Gasteiger partial charge in [0.25, 0.3) is 0 Å². The van der Waals surface area contributed by atoms with Crippen LogP contribution in [0.15, 0.2) is 12.1 Å². The van der Waals surface area contributed by atoms with Gasteiger partial charge in [-0.2, -0.15) is 13.2 Å². The summed E-state index contributed by atoms with van der Waals surface area (Å²) < 4.78 is 38.4. The van der Waals surface area contributed by atoms with Crippen LogP contribution >= 0.6 is 0 Å². The molecule has 0 radical (unpaired) electrons. The van der Waals surface area contributed by atoms with Crippen molar-refractivity contribution in [1.82, 2.24) is 4.98 Å². The van der Waals surface area contributed by atoms with E-state index in [4.69, 9.17) is 5.84 Å². The second kappa shape index (κ2) is 6.98. The average molecular weight is 304 g/mol. The van der Waals surface area contributed by atoms with E-state index in [1.54, 1.807) is 0 Å². The van der Waals surface area contributed by atoms with Crippen LogP contribution in [-0.4, -0.2) is 11.5 Å². The molecule has 4 nitrogen and oxygen atoms in total. The number of pyridine rings is 1. The Labute approximate surface area is 123 Å². The molecule has 4 N–H and O–H groups in total. The number of hydrazine groups is 1. The molecule has 0 aromatic carbocycles. The van der Waals surface area contributed by atoms with E-state index >= 15 is 0 Å². The highest BCUT2D eigenvalue weighted by molar-refractivity contribution is 5.49. The van der Waals surface area contributed by atoms with Gasteiger partial charge < -0.3 is 10.7 Å². The number of hydrogen-bond acceptors (Lipinski definition) is 4. The highest BCUT2D eigenvalue weighted by atomic mass is 19.4. The smallest absolute Gasteiger partial charge is 0.370 e. The number of nitrogens with zero attached hydrogens (tertiary/aromatic N) is 1. The first-order valence-electron chi connectivity index (χ1n) is 6.95. The van der Waals surface area contributed by atoms with Gasteiger partial charge in [0.1, 0.15) is 11.6 Å². The number of aromatic nitrogens is 1. The fourth-order valence-electron chi connectivity index (χ4n) is 2.32. The van der Waals surface area contributed by atoms with Crippen molar-refractivity contribution in [2.24, 2.45) is 23.6 Å². The highest BCUT2D eigenvalue weighted by Crippen LogP contribution is 2.32. The summed E-state index contributed by atoms with van der Waals surface area (Å²) in [6, 6.07) is 1.88. The van der Waals surface area contributed by atoms with Crippen LogP contribution in [0.2, 0.25) is 0 Å². The molecule has 0 aliphatic rings. The maximum atomic E-state index is 12.8. The molecular formula is C14H23F3N4. The summed E-state index contributed by atoms with van der Waals surface area (Å²) in [4.78, 5) is 4.01. The lowest BCUT2D eigenvalue weighted by molar-refractivity contribution is -0.137. The van der Waals surface area contributed by atoms with Gasteiger partial charge in [0.15, 0.2) is 0 Å². The van der Waals surface area contributed by atoms with Crippen LogP contribution < -0.4 is 16.6 Å². The molecule has 0 fully saturated rings. The van der Waals surface area contributed by atoms with E-state index in [-0.39, 0.29) is 11.6 Å². The molecule has 0 aliphatic heterocycles. The van der Waals surface area contributed by atoms with E-state index in [1.807, 2.05) is 0 Å². The summed E-state index contributed by atoms with van der Waals surface area (Å²) in [6.07, 6.45) is -4.43. The Hall–Kier alpha value is -1.50. The van der Waals surface area contributed by atoms with Crippen LogP contribution in [0.5, 0.6) is 0 Å². The van der Waals surface area contributed by atoms with Crippen LogP contribution in [0.3, 0.4) is 0 Å². The highest BCUT2D eigenvalue weighted by Gasteiger charge is 2.31. The monoisotopic (exact) mass is 304 g/mol. The van der Waals surface area contributed by atoms with E-state index < -0.39 is 11.7 Å². The zero-order valence-electron chi connectivity index (χ0n) is 12.8. The molecule has 0 amide bonds. The zero-order chi connectivity index (χ0) is 16.2. The van der Waals surface area contributed by atoms with Crippen LogP contribution in [0.1, 0.15) is 33.3 Å². The fraction of sp³-hybridized carbons (Fsp3) is 0.643. The van der Waals surface area contributed by atoms with Crippen molar-refractivity contribution in [2.75, 3.05) is 17.3 Å². The summed E-state index contributed by atoms with van der Waals surface area (Å²) in [5.41, 5.74) is 1.38. The van der Waals surface area contributed by atoms with Crippen molar-refractivity contribution in [1.29, 1.82) is 0 Å². The molecule has 1 aromatic heterocycles. The van der Waals surface area contributed by atoms with E-state index in [2.05, 4.69) is 43.4 Å². The average Bonchev–Trinajstić information content (AvgIpc) is 2.36. The molecule has 0 unspecified atom stereocenters. The van der Waals surface area contributed by atoms with E-state index in [0.717, 1.165) is 12.1 Å². The lowest BCUT2D eigenvalue weighted by Crippen LogP contribution is -2.25. The van der Waals surface area contributed by atoms with Crippen LogP contribution in [0.25, 0.3) is 0 Å². The largest absolute Gasteiger partial charge is 0.416 e. The Kier molecular flexibility index (Phi) is 5.83. The third-order valence-corrected chi connectivity index (χ3v) is 3.53.